The molecule has 2 aromatic heterocycles. The molecule has 2 fully saturated rings. The fourth-order valence-corrected chi connectivity index (χ4v) is 4.57. The van der Waals surface area contributed by atoms with Gasteiger partial charge in [0.15, 0.2) is 5.76 Å². The van der Waals surface area contributed by atoms with Crippen LogP contribution < -0.4 is 5.73 Å². The molecule has 5 rings (SSSR count). The number of nitrogens with zero attached hydrogens (tertiary/aromatic N) is 4. The second-order valence-electron chi connectivity index (χ2n) is 8.26. The van der Waals surface area contributed by atoms with Crippen LogP contribution in [-0.4, -0.2) is 45.8 Å². The summed E-state index contributed by atoms with van der Waals surface area (Å²) in [5.74, 6) is 10.7. The van der Waals surface area contributed by atoms with Crippen LogP contribution in [0, 0.1) is 29.6 Å². The summed E-state index contributed by atoms with van der Waals surface area (Å²) >= 11 is 0. The molecule has 30 heavy (non-hydrogen) atoms. The molecule has 2 N–H and O–H groups in total. The predicted molar refractivity (Wildman–Crippen MR) is 115 cm³/mol. The first-order valence-electron chi connectivity index (χ1n) is 10.7. The highest BCUT2D eigenvalue weighted by atomic mass is 16.5. The van der Waals surface area contributed by atoms with Crippen molar-refractivity contribution in [3.8, 4) is 23.2 Å². The number of rotatable bonds is 6. The lowest BCUT2D eigenvalue weighted by Gasteiger charge is -2.16. The van der Waals surface area contributed by atoms with E-state index in [1.165, 1.54) is 0 Å². The highest BCUT2D eigenvalue weighted by Gasteiger charge is 2.54. The van der Waals surface area contributed by atoms with Gasteiger partial charge in [-0.2, -0.15) is 0 Å². The third-order valence-corrected chi connectivity index (χ3v) is 6.28. The van der Waals surface area contributed by atoms with E-state index in [0.29, 0.717) is 12.5 Å². The first kappa shape index (κ1) is 19.1. The first-order chi connectivity index (χ1) is 14.7. The number of nitrogens with two attached hydrogens (primary N) is 1. The van der Waals surface area contributed by atoms with Crippen LogP contribution in [0.25, 0.3) is 11.3 Å². The van der Waals surface area contributed by atoms with Crippen LogP contribution in [0.15, 0.2) is 47.2 Å². The number of piperidine rings is 1. The Morgan fingerprint density at radius 1 is 1.20 bits per heavy atom. The number of aryl methyl sites for hydroxylation is 1. The quantitative estimate of drug-likeness (QED) is 0.643. The molecule has 0 radical (unpaired) electrons. The van der Waals surface area contributed by atoms with Crippen molar-refractivity contribution in [2.45, 2.75) is 19.9 Å². The van der Waals surface area contributed by atoms with E-state index >= 15 is 0 Å². The van der Waals surface area contributed by atoms with E-state index in [-0.39, 0.29) is 0 Å². The van der Waals surface area contributed by atoms with Crippen LogP contribution in [-0.2, 0) is 13.0 Å². The van der Waals surface area contributed by atoms with Gasteiger partial charge in [0.2, 0.25) is 0 Å². The Morgan fingerprint density at radius 3 is 2.73 bits per heavy atom. The molecule has 3 heterocycles. The van der Waals surface area contributed by atoms with E-state index in [4.69, 9.17) is 10.3 Å². The molecule has 3 aromatic rings. The van der Waals surface area contributed by atoms with Crippen LogP contribution in [0.5, 0.6) is 0 Å². The van der Waals surface area contributed by atoms with Crippen LogP contribution in [0.2, 0.25) is 0 Å². The van der Waals surface area contributed by atoms with Crippen LogP contribution in [0.3, 0.4) is 0 Å². The van der Waals surface area contributed by atoms with E-state index < -0.39 is 0 Å². The van der Waals surface area contributed by atoms with Crippen molar-refractivity contribution in [1.29, 1.82) is 0 Å². The minimum atomic E-state index is 0.562. The second-order valence-corrected chi connectivity index (χ2v) is 8.26. The summed E-state index contributed by atoms with van der Waals surface area (Å²) in [7, 11) is 0. The monoisotopic (exact) mass is 401 g/mol. The molecule has 1 saturated carbocycles. The van der Waals surface area contributed by atoms with Gasteiger partial charge in [-0.3, -0.25) is 0 Å². The van der Waals surface area contributed by atoms with Crippen molar-refractivity contribution in [1.82, 2.24) is 19.6 Å². The van der Waals surface area contributed by atoms with E-state index in [9.17, 15) is 0 Å². The topological polar surface area (TPSA) is 73.1 Å². The van der Waals surface area contributed by atoms with Gasteiger partial charge in [-0.15, -0.1) is 0 Å². The fourth-order valence-electron chi connectivity index (χ4n) is 4.57. The van der Waals surface area contributed by atoms with Crippen molar-refractivity contribution in [2.24, 2.45) is 23.5 Å². The molecule has 1 aliphatic carbocycles. The average Bonchev–Trinajstić information content (AvgIpc) is 3.23. The first-order valence-corrected chi connectivity index (χ1v) is 10.7. The van der Waals surface area contributed by atoms with Gasteiger partial charge in [-0.05, 0) is 36.1 Å². The minimum absolute atomic E-state index is 0.562. The molecule has 1 aliphatic heterocycles. The van der Waals surface area contributed by atoms with Gasteiger partial charge in [0.05, 0.1) is 6.54 Å². The molecular weight excluding hydrogens is 374 g/mol. The molecule has 1 unspecified atom stereocenters. The van der Waals surface area contributed by atoms with Gasteiger partial charge in [0.1, 0.15) is 11.5 Å². The van der Waals surface area contributed by atoms with Crippen LogP contribution in [0.4, 0.5) is 0 Å². The van der Waals surface area contributed by atoms with E-state index in [1.54, 1.807) is 0 Å². The molecule has 6 nitrogen and oxygen atoms in total. The standard InChI is InChI=1S/C24H27N5O/c1-2-24-26-10-12-29(24)14-19-13-23(30-27-19)18-6-3-17(4-7-18)5-8-20-21-15-28(11-9-25)16-22(20)21/h3-4,6-7,10,12-13,20-22H,2,9,11,14-16,25H2,1H3/t20?,21-,22+. The maximum absolute atomic E-state index is 5.65. The number of hydrogen-bond donors (Lipinski definition) is 1. The van der Waals surface area contributed by atoms with Crippen molar-refractivity contribution < 1.29 is 4.52 Å². The summed E-state index contributed by atoms with van der Waals surface area (Å²) in [6.07, 6.45) is 4.70. The number of aromatic nitrogens is 3. The SMILES string of the molecule is CCc1nccn1Cc1cc(-c2ccc(C#CC3[C@H]4CN(CCN)C[C@@H]34)cc2)on1. The Kier molecular flexibility index (Phi) is 5.16. The molecule has 3 atom stereocenters. The summed E-state index contributed by atoms with van der Waals surface area (Å²) in [5.41, 5.74) is 8.61. The highest BCUT2D eigenvalue weighted by molar-refractivity contribution is 5.59. The van der Waals surface area contributed by atoms with Gasteiger partial charge in [0.25, 0.3) is 0 Å². The Balaban J connectivity index is 1.20. The Hall–Kier alpha value is -2.88. The lowest BCUT2D eigenvalue weighted by atomic mass is 10.1. The normalized spacial score (nSPS) is 22.5. The van der Waals surface area contributed by atoms with Gasteiger partial charge in [0, 0.05) is 68.1 Å². The summed E-state index contributed by atoms with van der Waals surface area (Å²) in [4.78, 5) is 6.82. The molecule has 154 valence electrons. The largest absolute Gasteiger partial charge is 0.356 e. The smallest absolute Gasteiger partial charge is 0.167 e. The van der Waals surface area contributed by atoms with Crippen molar-refractivity contribution in [2.75, 3.05) is 26.2 Å². The maximum Gasteiger partial charge on any atom is 0.167 e. The Morgan fingerprint density at radius 2 is 2.00 bits per heavy atom. The molecule has 2 aliphatic rings. The predicted octanol–water partition coefficient (Wildman–Crippen LogP) is 2.64. The Bertz CT molecular complexity index is 1060. The number of hydrogen-bond acceptors (Lipinski definition) is 5. The minimum Gasteiger partial charge on any atom is -0.356 e. The molecule has 0 bridgehead atoms. The molecule has 0 spiro atoms. The highest BCUT2D eigenvalue weighted by Crippen LogP contribution is 2.51. The number of fused-ring (bicyclic) bond motifs is 1. The average molecular weight is 402 g/mol. The van der Waals surface area contributed by atoms with Crippen molar-refractivity contribution in [3.05, 3.63) is 59.8 Å². The van der Waals surface area contributed by atoms with E-state index in [0.717, 1.165) is 72.8 Å². The third kappa shape index (κ3) is 3.79. The lowest BCUT2D eigenvalue weighted by Crippen LogP contribution is -2.29. The summed E-state index contributed by atoms with van der Waals surface area (Å²) < 4.78 is 7.67. The van der Waals surface area contributed by atoms with E-state index in [1.807, 2.05) is 18.5 Å². The number of likely N-dealkylation sites (tertiary alicyclic amines) is 1. The molecular formula is C24H27N5O. The van der Waals surface area contributed by atoms with E-state index in [2.05, 4.69) is 62.6 Å². The van der Waals surface area contributed by atoms with Gasteiger partial charge in [-0.25, -0.2) is 4.98 Å². The zero-order valence-electron chi connectivity index (χ0n) is 17.3. The third-order valence-electron chi connectivity index (χ3n) is 6.28. The van der Waals surface area contributed by atoms with Gasteiger partial charge < -0.3 is 19.7 Å². The van der Waals surface area contributed by atoms with Gasteiger partial charge >= 0.3 is 0 Å². The second kappa shape index (κ2) is 8.10. The summed E-state index contributed by atoms with van der Waals surface area (Å²) in [5, 5.41) is 4.22. The molecule has 1 saturated heterocycles. The van der Waals surface area contributed by atoms with Gasteiger partial charge in [-0.1, -0.05) is 23.9 Å². The van der Waals surface area contributed by atoms with Crippen molar-refractivity contribution in [3.63, 3.8) is 0 Å². The zero-order chi connectivity index (χ0) is 20.5. The fraction of sp³-hybridized carbons (Fsp3) is 0.417. The molecule has 0 amide bonds. The summed E-state index contributed by atoms with van der Waals surface area (Å²) in [6.45, 7) is 6.85. The maximum atomic E-state index is 5.65. The van der Waals surface area contributed by atoms with Crippen LogP contribution >= 0.6 is 0 Å². The zero-order valence-corrected chi connectivity index (χ0v) is 17.3. The molecule has 1 aromatic carbocycles. The summed E-state index contributed by atoms with van der Waals surface area (Å²) in [6, 6.07) is 10.2. The van der Waals surface area contributed by atoms with Crippen LogP contribution in [0.1, 0.15) is 24.0 Å². The number of benzene rings is 1. The number of imidazole rings is 1. The van der Waals surface area contributed by atoms with Crippen molar-refractivity contribution >= 4 is 0 Å². The molecule has 6 heteroatoms. The Labute approximate surface area is 177 Å². The lowest BCUT2D eigenvalue weighted by molar-refractivity contribution is 0.304.